The Bertz CT molecular complexity index is 540. The molecule has 104 valence electrons. The minimum Gasteiger partial charge on any atom is -0.330 e. The van der Waals surface area contributed by atoms with Gasteiger partial charge in [-0.15, -0.1) is 23.7 Å². The molecule has 0 spiro atoms. The standard InChI is InChI=1S/C12H15N3OS2.ClH/c13-6-7-2-1-3-8(7)10(16)15-12-14-9-4-5-17-11(9)18-12;/h4-5,7-8H,1-3,6,13H2,(H,14,15,16);1H/t7-,8-;/m1./s1. The zero-order valence-corrected chi connectivity index (χ0v) is 12.7. The Morgan fingerprint density at radius 2 is 2.37 bits per heavy atom. The number of nitrogens with one attached hydrogen (secondary N) is 1. The third-order valence-electron chi connectivity index (χ3n) is 3.55. The molecule has 4 nitrogen and oxygen atoms in total. The van der Waals surface area contributed by atoms with E-state index in [-0.39, 0.29) is 24.2 Å². The van der Waals surface area contributed by atoms with Gasteiger partial charge in [-0.25, -0.2) is 4.98 Å². The second-order valence-electron chi connectivity index (χ2n) is 4.63. The Morgan fingerprint density at radius 3 is 3.11 bits per heavy atom. The minimum absolute atomic E-state index is 0. The smallest absolute Gasteiger partial charge is 0.229 e. The van der Waals surface area contributed by atoms with E-state index in [1.54, 1.807) is 22.7 Å². The van der Waals surface area contributed by atoms with E-state index in [2.05, 4.69) is 10.3 Å². The van der Waals surface area contributed by atoms with E-state index in [1.807, 2.05) is 11.4 Å². The van der Waals surface area contributed by atoms with Gasteiger partial charge in [-0.2, -0.15) is 0 Å². The van der Waals surface area contributed by atoms with Crippen molar-refractivity contribution in [3.05, 3.63) is 11.4 Å². The van der Waals surface area contributed by atoms with Gasteiger partial charge in [-0.3, -0.25) is 4.79 Å². The molecule has 3 N–H and O–H groups in total. The lowest BCUT2D eigenvalue weighted by atomic mass is 9.95. The van der Waals surface area contributed by atoms with E-state index < -0.39 is 0 Å². The number of halogens is 1. The first-order chi connectivity index (χ1) is 8.78. The number of fused-ring (bicyclic) bond motifs is 1. The lowest BCUT2D eigenvalue weighted by Gasteiger charge is -2.16. The van der Waals surface area contributed by atoms with Crippen molar-refractivity contribution >= 4 is 55.6 Å². The number of anilines is 1. The number of hydrogen-bond acceptors (Lipinski definition) is 5. The lowest BCUT2D eigenvalue weighted by Crippen LogP contribution is -2.29. The van der Waals surface area contributed by atoms with Crippen LogP contribution in [0.5, 0.6) is 0 Å². The van der Waals surface area contributed by atoms with E-state index in [1.165, 1.54) is 0 Å². The first-order valence-electron chi connectivity index (χ1n) is 6.13. The molecule has 3 rings (SSSR count). The van der Waals surface area contributed by atoms with Crippen LogP contribution in [-0.4, -0.2) is 17.4 Å². The van der Waals surface area contributed by atoms with Crippen LogP contribution in [0.3, 0.4) is 0 Å². The van der Waals surface area contributed by atoms with Crippen molar-refractivity contribution in [2.45, 2.75) is 19.3 Å². The summed E-state index contributed by atoms with van der Waals surface area (Å²) in [6.45, 7) is 0.602. The molecule has 2 atom stereocenters. The Hall–Kier alpha value is -0.690. The third kappa shape index (κ3) is 2.91. The maximum absolute atomic E-state index is 12.2. The van der Waals surface area contributed by atoms with Gasteiger partial charge in [0.2, 0.25) is 5.91 Å². The molecule has 0 bridgehead atoms. The van der Waals surface area contributed by atoms with E-state index in [0.29, 0.717) is 17.6 Å². The van der Waals surface area contributed by atoms with Crippen LogP contribution in [0.1, 0.15) is 19.3 Å². The van der Waals surface area contributed by atoms with Crippen LogP contribution in [0, 0.1) is 11.8 Å². The topological polar surface area (TPSA) is 68.0 Å². The molecule has 0 unspecified atom stereocenters. The number of carbonyl (C=O) groups is 1. The highest BCUT2D eigenvalue weighted by Gasteiger charge is 2.32. The van der Waals surface area contributed by atoms with Crippen LogP contribution in [0.2, 0.25) is 0 Å². The number of thiazole rings is 1. The Balaban J connectivity index is 0.00000133. The lowest BCUT2D eigenvalue weighted by molar-refractivity contribution is -0.120. The summed E-state index contributed by atoms with van der Waals surface area (Å²) in [7, 11) is 0. The van der Waals surface area contributed by atoms with Crippen molar-refractivity contribution in [3.63, 3.8) is 0 Å². The molecule has 2 aromatic heterocycles. The molecule has 1 fully saturated rings. The zero-order valence-electron chi connectivity index (χ0n) is 10.3. The van der Waals surface area contributed by atoms with Crippen molar-refractivity contribution in [1.29, 1.82) is 0 Å². The highest BCUT2D eigenvalue weighted by Crippen LogP contribution is 2.34. The monoisotopic (exact) mass is 317 g/mol. The van der Waals surface area contributed by atoms with Gasteiger partial charge in [-0.1, -0.05) is 17.8 Å². The number of thiophene rings is 1. The molecule has 7 heteroatoms. The number of aromatic nitrogens is 1. The Labute approximate surface area is 125 Å². The zero-order chi connectivity index (χ0) is 12.5. The average molecular weight is 318 g/mol. The maximum Gasteiger partial charge on any atom is 0.229 e. The largest absolute Gasteiger partial charge is 0.330 e. The molecule has 2 heterocycles. The van der Waals surface area contributed by atoms with Gasteiger partial charge in [0.15, 0.2) is 5.13 Å². The average Bonchev–Trinajstić information content (AvgIpc) is 3.02. The van der Waals surface area contributed by atoms with Crippen molar-refractivity contribution < 1.29 is 4.79 Å². The second kappa shape index (κ2) is 6.17. The Kier molecular flexibility index (Phi) is 4.78. The van der Waals surface area contributed by atoms with E-state index in [0.717, 1.165) is 28.8 Å². The van der Waals surface area contributed by atoms with Crippen molar-refractivity contribution in [2.24, 2.45) is 17.6 Å². The molecular weight excluding hydrogens is 302 g/mol. The highest BCUT2D eigenvalue weighted by atomic mass is 35.5. The number of amides is 1. The predicted octanol–water partition coefficient (Wildman–Crippen LogP) is 3.09. The normalized spacial score (nSPS) is 22.4. The fourth-order valence-corrected chi connectivity index (χ4v) is 4.42. The van der Waals surface area contributed by atoms with Gasteiger partial charge in [0.05, 0.1) is 5.52 Å². The summed E-state index contributed by atoms with van der Waals surface area (Å²) in [6.07, 6.45) is 3.13. The summed E-state index contributed by atoms with van der Waals surface area (Å²) < 4.78 is 1.16. The number of hydrogen-bond donors (Lipinski definition) is 2. The fraction of sp³-hybridized carbons (Fsp3) is 0.500. The van der Waals surface area contributed by atoms with Gasteiger partial charge in [0.1, 0.15) is 4.01 Å². The molecule has 0 aromatic carbocycles. The molecule has 1 amide bonds. The summed E-state index contributed by atoms with van der Waals surface area (Å²) in [5, 5.41) is 5.67. The van der Waals surface area contributed by atoms with Gasteiger partial charge in [0.25, 0.3) is 0 Å². The first-order valence-corrected chi connectivity index (χ1v) is 7.82. The molecule has 1 aliphatic rings. The summed E-state index contributed by atoms with van der Waals surface area (Å²) in [5.74, 6) is 0.493. The molecule has 1 saturated carbocycles. The van der Waals surface area contributed by atoms with Gasteiger partial charge in [0, 0.05) is 5.92 Å². The van der Waals surface area contributed by atoms with Gasteiger partial charge < -0.3 is 11.1 Å². The molecule has 0 aliphatic heterocycles. The summed E-state index contributed by atoms with van der Waals surface area (Å²) in [5.41, 5.74) is 6.68. The first kappa shape index (κ1) is 14.7. The number of carbonyl (C=O) groups excluding carboxylic acids is 1. The van der Waals surface area contributed by atoms with Crippen molar-refractivity contribution in [1.82, 2.24) is 4.98 Å². The molecule has 0 saturated heterocycles. The van der Waals surface area contributed by atoms with Crippen LogP contribution in [0.25, 0.3) is 9.53 Å². The highest BCUT2D eigenvalue weighted by molar-refractivity contribution is 7.39. The number of nitrogens with zero attached hydrogens (tertiary/aromatic N) is 1. The van der Waals surface area contributed by atoms with Gasteiger partial charge >= 0.3 is 0 Å². The SMILES string of the molecule is Cl.NC[C@H]1CCC[C@H]1C(=O)Nc1nc2ccsc2s1. The molecular formula is C12H16ClN3OS2. The van der Waals surface area contributed by atoms with Crippen LogP contribution in [0.4, 0.5) is 5.13 Å². The van der Waals surface area contributed by atoms with E-state index in [4.69, 9.17) is 5.73 Å². The molecule has 0 radical (unpaired) electrons. The van der Waals surface area contributed by atoms with Crippen LogP contribution >= 0.6 is 35.1 Å². The van der Waals surface area contributed by atoms with E-state index >= 15 is 0 Å². The molecule has 19 heavy (non-hydrogen) atoms. The van der Waals surface area contributed by atoms with Crippen LogP contribution < -0.4 is 11.1 Å². The van der Waals surface area contributed by atoms with Crippen molar-refractivity contribution in [2.75, 3.05) is 11.9 Å². The van der Waals surface area contributed by atoms with Crippen LogP contribution in [-0.2, 0) is 4.79 Å². The quantitative estimate of drug-likeness (QED) is 0.914. The Morgan fingerprint density at radius 1 is 1.53 bits per heavy atom. The van der Waals surface area contributed by atoms with Crippen molar-refractivity contribution in [3.8, 4) is 0 Å². The molecule has 1 aliphatic carbocycles. The summed E-state index contributed by atoms with van der Waals surface area (Å²) in [6, 6.07) is 1.98. The predicted molar refractivity (Wildman–Crippen MR) is 83.3 cm³/mol. The number of nitrogens with two attached hydrogens (primary N) is 1. The second-order valence-corrected chi connectivity index (χ2v) is 6.81. The minimum atomic E-state index is 0. The third-order valence-corrected chi connectivity index (χ3v) is 5.57. The maximum atomic E-state index is 12.2. The fourth-order valence-electron chi connectivity index (χ4n) is 2.58. The van der Waals surface area contributed by atoms with Gasteiger partial charge in [-0.05, 0) is 36.8 Å². The summed E-state index contributed by atoms with van der Waals surface area (Å²) in [4.78, 5) is 16.6. The summed E-state index contributed by atoms with van der Waals surface area (Å²) >= 11 is 3.20. The van der Waals surface area contributed by atoms with Crippen LogP contribution in [0.15, 0.2) is 11.4 Å². The van der Waals surface area contributed by atoms with E-state index in [9.17, 15) is 4.79 Å². The number of rotatable bonds is 3. The molecule has 2 aromatic rings.